The van der Waals surface area contributed by atoms with Gasteiger partial charge in [-0.15, -0.1) is 0 Å². The first-order valence-corrected chi connectivity index (χ1v) is 13.8. The van der Waals surface area contributed by atoms with Crippen molar-refractivity contribution < 1.29 is 36.2 Å². The van der Waals surface area contributed by atoms with Crippen LogP contribution in [0.15, 0.2) is 59.8 Å². The molecule has 224 valence electrons. The fraction of sp³-hybridized carbons (Fsp3) is 0.467. The lowest BCUT2D eigenvalue weighted by atomic mass is 9.93. The summed E-state index contributed by atoms with van der Waals surface area (Å²) < 4.78 is 18.6. The molecule has 0 spiro atoms. The van der Waals surface area contributed by atoms with Crippen molar-refractivity contribution in [3.63, 3.8) is 0 Å². The maximum Gasteiger partial charge on any atom is 0.408 e. The molecule has 41 heavy (non-hydrogen) atoms. The number of amides is 2. The molecule has 0 bridgehead atoms. The lowest BCUT2D eigenvalue weighted by Crippen LogP contribution is -2.53. The van der Waals surface area contributed by atoms with Gasteiger partial charge in [-0.3, -0.25) is 9.59 Å². The second-order valence-electron chi connectivity index (χ2n) is 11.0. The van der Waals surface area contributed by atoms with Crippen molar-refractivity contribution in [2.45, 2.75) is 78.1 Å². The Hall–Kier alpha value is -4.15. The van der Waals surface area contributed by atoms with E-state index in [0.717, 1.165) is 5.56 Å². The third-order valence-electron chi connectivity index (χ3n) is 6.51. The summed E-state index contributed by atoms with van der Waals surface area (Å²) in [7, 11) is 0. The summed E-state index contributed by atoms with van der Waals surface area (Å²) >= 11 is 0. The molecule has 2 N–H and O–H groups in total. The summed E-state index contributed by atoms with van der Waals surface area (Å²) in [4.78, 5) is 56.7. The van der Waals surface area contributed by atoms with Gasteiger partial charge < -0.3 is 15.4 Å². The average molecular weight is 574 g/mol. The minimum atomic E-state index is -0.989. The predicted molar refractivity (Wildman–Crippen MR) is 154 cm³/mol. The van der Waals surface area contributed by atoms with Crippen LogP contribution in [0.5, 0.6) is 0 Å². The smallest absolute Gasteiger partial charge is 0.408 e. The number of rotatable bonds is 14. The van der Waals surface area contributed by atoms with Crippen molar-refractivity contribution in [1.29, 1.82) is 0 Å². The van der Waals surface area contributed by atoms with Crippen molar-refractivity contribution in [2.24, 2.45) is 17.0 Å². The number of carbonyl (C=O) groups excluding carboxylic acids is 3. The molecule has 0 aliphatic carbocycles. The molecule has 0 radical (unpaired) electrons. The van der Waals surface area contributed by atoms with Crippen LogP contribution in [0.2, 0.25) is 0 Å². The second kappa shape index (κ2) is 15.0. The van der Waals surface area contributed by atoms with Gasteiger partial charge in [0.05, 0.1) is 12.5 Å². The summed E-state index contributed by atoms with van der Waals surface area (Å²) in [5, 5.41) is 9.23. The predicted octanol–water partition coefficient (Wildman–Crippen LogP) is 5.14. The second-order valence-corrected chi connectivity index (χ2v) is 11.0. The van der Waals surface area contributed by atoms with Crippen LogP contribution in [0.25, 0.3) is 0 Å². The molecule has 2 aromatic carbocycles. The number of ether oxygens (including phenoxy) is 1. The number of nitrogens with one attached hydrogen (secondary N) is 2. The normalized spacial score (nSPS) is 16.1. The number of hydrogen-bond donors (Lipinski definition) is 2. The summed E-state index contributed by atoms with van der Waals surface area (Å²) in [6, 6.07) is 12.1. The van der Waals surface area contributed by atoms with E-state index in [9.17, 15) is 23.7 Å². The maximum absolute atomic E-state index is 13.4. The van der Waals surface area contributed by atoms with Crippen LogP contribution in [0, 0.1) is 22.6 Å². The van der Waals surface area contributed by atoms with Gasteiger partial charge in [-0.25, -0.2) is 9.18 Å². The first-order valence-electron chi connectivity index (χ1n) is 13.8. The number of halogens is 1. The van der Waals surface area contributed by atoms with E-state index in [1.54, 1.807) is 12.1 Å². The Morgan fingerprint density at radius 3 is 2.22 bits per heavy atom. The van der Waals surface area contributed by atoms with Gasteiger partial charge in [0.1, 0.15) is 18.5 Å². The van der Waals surface area contributed by atoms with Crippen LogP contribution in [0.1, 0.15) is 60.9 Å². The van der Waals surface area contributed by atoms with Crippen LogP contribution in [-0.2, 0) is 32.3 Å². The van der Waals surface area contributed by atoms with E-state index >= 15 is 0 Å². The molecule has 2 amide bonds. The summed E-state index contributed by atoms with van der Waals surface area (Å²) in [6.07, 6.45) is -0.137. The minimum Gasteiger partial charge on any atom is -0.445 e. The minimum absolute atomic E-state index is 0. The zero-order chi connectivity index (χ0) is 29.9. The summed E-state index contributed by atoms with van der Waals surface area (Å²) in [6.45, 7) is 7.71. The molecule has 1 aliphatic heterocycles. The lowest BCUT2D eigenvalue weighted by molar-refractivity contribution is -0.807. The first-order chi connectivity index (χ1) is 19.5. The number of hydrogen-bond acceptors (Lipinski definition) is 7. The van der Waals surface area contributed by atoms with Crippen molar-refractivity contribution in [1.82, 2.24) is 10.6 Å². The standard InChI is InChI=1S/C30H37FN4O6.2H2/c1-19(2)14-25(28(36)17-27-24(34-41-35(27)39)16-21-10-12-23(31)13-11-21)32-29(37)26(15-20(3)4)33-30(38)40-18-22-8-6-5-7-9-22;;/h5-13,19-20,25-27H,14-18H2,1-4H3,(H-,32,33,37,38);2*1H/p+1/t25-,26-,27?;;/m0../s1. The van der Waals surface area contributed by atoms with E-state index < -0.39 is 35.9 Å². The van der Waals surface area contributed by atoms with Crippen LogP contribution in [-0.4, -0.2) is 46.5 Å². The molecule has 0 aromatic heterocycles. The highest BCUT2D eigenvalue weighted by Gasteiger charge is 2.43. The Bertz CT molecular complexity index is 1240. The molecule has 1 aliphatic rings. The molecule has 0 fully saturated rings. The average Bonchev–Trinajstić information content (AvgIpc) is 3.26. The van der Waals surface area contributed by atoms with E-state index in [0.29, 0.717) is 24.1 Å². The molecule has 3 rings (SSSR count). The van der Waals surface area contributed by atoms with E-state index in [1.165, 1.54) is 12.1 Å². The maximum atomic E-state index is 13.4. The Kier molecular flexibility index (Phi) is 11.5. The van der Waals surface area contributed by atoms with Crippen LogP contribution >= 0.6 is 0 Å². The van der Waals surface area contributed by atoms with Gasteiger partial charge in [-0.2, -0.15) is 0 Å². The highest BCUT2D eigenvalue weighted by molar-refractivity contribution is 5.97. The molecule has 0 saturated heterocycles. The Morgan fingerprint density at radius 2 is 1.59 bits per heavy atom. The fourth-order valence-corrected chi connectivity index (χ4v) is 4.44. The molecule has 0 saturated carbocycles. The Balaban J connectivity index is 0.00000462. The summed E-state index contributed by atoms with van der Waals surface area (Å²) in [5.41, 5.74) is 1.84. The van der Waals surface area contributed by atoms with Gasteiger partial charge in [-0.1, -0.05) is 70.2 Å². The van der Waals surface area contributed by atoms with Crippen LogP contribution < -0.4 is 10.6 Å². The van der Waals surface area contributed by atoms with Gasteiger partial charge in [0.25, 0.3) is 6.04 Å². The van der Waals surface area contributed by atoms with Crippen LogP contribution in [0.4, 0.5) is 9.18 Å². The number of benzene rings is 2. The SMILES string of the molecule is CC(C)C[C@H](NC(=O)[C@H](CC(C)C)NC(=O)OCc1ccccc1)C(=O)CC1C(Cc2ccc(F)cc2)=NO[N+]1=O.[HH].[HH]. The zero-order valence-corrected chi connectivity index (χ0v) is 23.8. The number of carbonyl (C=O) groups is 3. The zero-order valence-electron chi connectivity index (χ0n) is 23.8. The lowest BCUT2D eigenvalue weighted by Gasteiger charge is -2.25. The van der Waals surface area contributed by atoms with E-state index in [2.05, 4.69) is 15.8 Å². The van der Waals surface area contributed by atoms with Gasteiger partial charge >= 0.3 is 6.09 Å². The highest BCUT2D eigenvalue weighted by Crippen LogP contribution is 2.18. The van der Waals surface area contributed by atoms with Gasteiger partial charge in [0.15, 0.2) is 15.9 Å². The number of Topliss-reactive ketones (excluding diaryl/α,β-unsaturated/α-hetero) is 1. The number of oxime groups is 1. The topological polar surface area (TPSA) is 126 Å². The highest BCUT2D eigenvalue weighted by atomic mass is 19.1. The molecule has 3 atom stereocenters. The van der Waals surface area contributed by atoms with E-state index in [4.69, 9.17) is 9.68 Å². The Morgan fingerprint density at radius 1 is 0.951 bits per heavy atom. The van der Waals surface area contributed by atoms with Crippen molar-refractivity contribution >= 4 is 23.5 Å². The van der Waals surface area contributed by atoms with E-state index in [1.807, 2.05) is 58.0 Å². The van der Waals surface area contributed by atoms with Crippen LogP contribution in [0.3, 0.4) is 0 Å². The third-order valence-corrected chi connectivity index (χ3v) is 6.51. The van der Waals surface area contributed by atoms with Gasteiger partial charge in [0.2, 0.25) is 11.6 Å². The van der Waals surface area contributed by atoms with Crippen molar-refractivity contribution in [3.8, 4) is 0 Å². The number of nitrogens with zero attached hydrogens (tertiary/aromatic N) is 2. The molecule has 2 aromatic rings. The molecular formula is C30H42FN4O6+. The largest absolute Gasteiger partial charge is 0.445 e. The molecule has 1 heterocycles. The van der Waals surface area contributed by atoms with Crippen molar-refractivity contribution in [2.75, 3.05) is 0 Å². The van der Waals surface area contributed by atoms with Gasteiger partial charge in [0, 0.05) is 9.27 Å². The number of ketones is 1. The fourth-order valence-electron chi connectivity index (χ4n) is 4.44. The first kappa shape index (κ1) is 31.4. The van der Waals surface area contributed by atoms with Crippen molar-refractivity contribution in [3.05, 3.63) is 76.4 Å². The molecule has 1 unspecified atom stereocenters. The van der Waals surface area contributed by atoms with Gasteiger partial charge in [-0.05, 0) is 57.8 Å². The molecular weight excluding hydrogens is 531 g/mol. The monoisotopic (exact) mass is 573 g/mol. The van der Waals surface area contributed by atoms with E-state index in [-0.39, 0.29) is 44.8 Å². The molecule has 10 nitrogen and oxygen atoms in total. The molecule has 11 heteroatoms. The quantitative estimate of drug-likeness (QED) is 0.322. The Labute approximate surface area is 242 Å². The third kappa shape index (κ3) is 10.1. The number of alkyl carbamates (subject to hydrolysis) is 1. The summed E-state index contributed by atoms with van der Waals surface area (Å²) in [5.74, 6) is -1.17.